The SMILES string of the molecule is FC(F)(F)c1ccnc(N=C=S)n1. The predicted molar refractivity (Wildman–Crippen MR) is 41.7 cm³/mol. The molecular formula is C6H2F3N3S. The van der Waals surface area contributed by atoms with Gasteiger partial charge in [-0.15, -0.1) is 0 Å². The smallest absolute Gasteiger partial charge is 0.219 e. The van der Waals surface area contributed by atoms with E-state index in [9.17, 15) is 13.2 Å². The van der Waals surface area contributed by atoms with Crippen molar-refractivity contribution >= 4 is 23.3 Å². The highest BCUT2D eigenvalue weighted by atomic mass is 32.1. The molecule has 0 bridgehead atoms. The Kier molecular flexibility index (Phi) is 2.69. The second-order valence-electron chi connectivity index (χ2n) is 1.94. The minimum Gasteiger partial charge on any atom is -0.219 e. The number of hydrogen-bond acceptors (Lipinski definition) is 4. The molecule has 1 rings (SSSR count). The summed E-state index contributed by atoms with van der Waals surface area (Å²) < 4.78 is 36.1. The third-order valence-corrected chi connectivity index (χ3v) is 1.17. The second kappa shape index (κ2) is 3.59. The molecule has 1 aromatic rings. The molecule has 0 N–H and O–H groups in total. The Bertz CT molecular complexity index is 356. The van der Waals surface area contributed by atoms with Crippen LogP contribution in [0.25, 0.3) is 0 Å². The van der Waals surface area contributed by atoms with Gasteiger partial charge >= 0.3 is 6.18 Å². The molecule has 0 fully saturated rings. The van der Waals surface area contributed by atoms with Crippen molar-refractivity contribution in [2.24, 2.45) is 4.99 Å². The van der Waals surface area contributed by atoms with Gasteiger partial charge in [0.1, 0.15) is 5.69 Å². The monoisotopic (exact) mass is 205 g/mol. The van der Waals surface area contributed by atoms with Crippen molar-refractivity contribution < 1.29 is 13.2 Å². The number of rotatable bonds is 1. The zero-order valence-electron chi connectivity index (χ0n) is 6.04. The highest BCUT2D eigenvalue weighted by Crippen LogP contribution is 2.27. The molecule has 7 heteroatoms. The van der Waals surface area contributed by atoms with Crippen LogP contribution < -0.4 is 0 Å². The number of aromatic nitrogens is 2. The molecule has 0 aliphatic rings. The highest BCUT2D eigenvalue weighted by molar-refractivity contribution is 7.78. The lowest BCUT2D eigenvalue weighted by atomic mass is 10.4. The molecule has 0 aromatic carbocycles. The van der Waals surface area contributed by atoms with E-state index in [4.69, 9.17) is 0 Å². The number of halogens is 3. The summed E-state index contributed by atoms with van der Waals surface area (Å²) in [5.74, 6) is -0.343. The van der Waals surface area contributed by atoms with Gasteiger partial charge in [-0.05, 0) is 18.3 Å². The first-order valence-electron chi connectivity index (χ1n) is 3.02. The molecule has 0 unspecified atom stereocenters. The van der Waals surface area contributed by atoms with Crippen molar-refractivity contribution in [3.05, 3.63) is 18.0 Å². The van der Waals surface area contributed by atoms with Gasteiger partial charge in [0.25, 0.3) is 5.95 Å². The third kappa shape index (κ3) is 2.57. The van der Waals surface area contributed by atoms with Crippen LogP contribution in [-0.2, 0) is 6.18 Å². The van der Waals surface area contributed by atoms with Gasteiger partial charge in [-0.2, -0.15) is 18.2 Å². The molecule has 0 saturated carbocycles. The first-order valence-corrected chi connectivity index (χ1v) is 3.43. The number of aliphatic imine (C=N–C) groups is 1. The lowest BCUT2D eigenvalue weighted by Crippen LogP contribution is -2.07. The molecule has 0 atom stereocenters. The van der Waals surface area contributed by atoms with Crippen LogP contribution in [0.5, 0.6) is 0 Å². The van der Waals surface area contributed by atoms with E-state index in [0.29, 0.717) is 0 Å². The average molecular weight is 205 g/mol. The Balaban J connectivity index is 3.12. The lowest BCUT2D eigenvalue weighted by molar-refractivity contribution is -0.141. The molecule has 1 heterocycles. The number of alkyl halides is 3. The largest absolute Gasteiger partial charge is 0.433 e. The van der Waals surface area contributed by atoms with Crippen LogP contribution in [0, 0.1) is 0 Å². The van der Waals surface area contributed by atoms with Crippen molar-refractivity contribution in [3.63, 3.8) is 0 Å². The lowest BCUT2D eigenvalue weighted by Gasteiger charge is -2.03. The van der Waals surface area contributed by atoms with Crippen molar-refractivity contribution in [3.8, 4) is 0 Å². The molecule has 13 heavy (non-hydrogen) atoms. The third-order valence-electron chi connectivity index (χ3n) is 1.08. The van der Waals surface area contributed by atoms with E-state index in [1.165, 1.54) is 0 Å². The topological polar surface area (TPSA) is 38.1 Å². The van der Waals surface area contributed by atoms with E-state index >= 15 is 0 Å². The number of isothiocyanates is 1. The van der Waals surface area contributed by atoms with Crippen molar-refractivity contribution in [2.45, 2.75) is 6.18 Å². The minimum absolute atomic E-state index is 0.343. The van der Waals surface area contributed by atoms with Crippen LogP contribution in [0.4, 0.5) is 19.1 Å². The van der Waals surface area contributed by atoms with E-state index in [2.05, 4.69) is 27.2 Å². The fourth-order valence-electron chi connectivity index (χ4n) is 0.601. The van der Waals surface area contributed by atoms with Gasteiger partial charge in [0.15, 0.2) is 0 Å². The Morgan fingerprint density at radius 2 is 2.15 bits per heavy atom. The van der Waals surface area contributed by atoms with Gasteiger partial charge in [0, 0.05) is 6.20 Å². The zero-order valence-corrected chi connectivity index (χ0v) is 6.85. The molecule has 3 nitrogen and oxygen atoms in total. The maximum absolute atomic E-state index is 12.0. The Labute approximate surface area is 76.4 Å². The number of nitrogens with zero attached hydrogens (tertiary/aromatic N) is 3. The molecule has 0 aliphatic heterocycles. The molecule has 1 aromatic heterocycles. The summed E-state index contributed by atoms with van der Waals surface area (Å²) in [5, 5.41) is 1.88. The molecule has 0 radical (unpaired) electrons. The van der Waals surface area contributed by atoms with Crippen LogP contribution in [0.1, 0.15) is 5.69 Å². The fraction of sp³-hybridized carbons (Fsp3) is 0.167. The highest BCUT2D eigenvalue weighted by Gasteiger charge is 2.32. The number of thiocarbonyl (C=S) groups is 1. The van der Waals surface area contributed by atoms with Crippen molar-refractivity contribution in [2.75, 3.05) is 0 Å². The van der Waals surface area contributed by atoms with Gasteiger partial charge in [0.05, 0.1) is 5.16 Å². The second-order valence-corrected chi connectivity index (χ2v) is 2.13. The predicted octanol–water partition coefficient (Wildman–Crippen LogP) is 2.23. The van der Waals surface area contributed by atoms with E-state index in [1.807, 2.05) is 5.16 Å². The quantitative estimate of drug-likeness (QED) is 0.521. The Hall–Kier alpha value is -1.33. The van der Waals surface area contributed by atoms with Crippen LogP contribution in [0.3, 0.4) is 0 Å². The maximum atomic E-state index is 12.0. The number of hydrogen-bond donors (Lipinski definition) is 0. The Morgan fingerprint density at radius 1 is 1.46 bits per heavy atom. The molecular weight excluding hydrogens is 203 g/mol. The summed E-state index contributed by atoms with van der Waals surface area (Å²) in [4.78, 5) is 9.76. The summed E-state index contributed by atoms with van der Waals surface area (Å²) in [6, 6.07) is 0.752. The van der Waals surface area contributed by atoms with Crippen molar-refractivity contribution in [1.29, 1.82) is 0 Å². The van der Waals surface area contributed by atoms with Gasteiger partial charge < -0.3 is 0 Å². The van der Waals surface area contributed by atoms with Crippen LogP contribution in [0.2, 0.25) is 0 Å². The molecule has 0 aliphatic carbocycles. The fourth-order valence-corrected chi connectivity index (χ4v) is 0.683. The first kappa shape index (κ1) is 9.76. The Morgan fingerprint density at radius 3 is 2.69 bits per heavy atom. The van der Waals surface area contributed by atoms with Crippen molar-refractivity contribution in [1.82, 2.24) is 9.97 Å². The van der Waals surface area contributed by atoms with E-state index < -0.39 is 11.9 Å². The summed E-state index contributed by atoms with van der Waals surface area (Å²) in [6.07, 6.45) is -3.53. The standard InChI is InChI=1S/C6H2F3N3S/c7-6(8,9)4-1-2-10-5(12-4)11-3-13/h1-2H. The van der Waals surface area contributed by atoms with Crippen LogP contribution >= 0.6 is 12.2 Å². The van der Waals surface area contributed by atoms with Gasteiger partial charge in [0.2, 0.25) is 0 Å². The van der Waals surface area contributed by atoms with Gasteiger partial charge in [-0.1, -0.05) is 0 Å². The summed E-state index contributed by atoms with van der Waals surface area (Å²) >= 11 is 4.19. The normalized spacial score (nSPS) is 10.7. The first-order chi connectivity index (χ1) is 6.04. The average Bonchev–Trinajstić information content (AvgIpc) is 2.04. The molecule has 0 amide bonds. The van der Waals surface area contributed by atoms with E-state index in [0.717, 1.165) is 12.3 Å². The van der Waals surface area contributed by atoms with Crippen LogP contribution in [-0.4, -0.2) is 15.1 Å². The summed E-state index contributed by atoms with van der Waals surface area (Å²) in [5.41, 5.74) is -1.05. The molecule has 0 spiro atoms. The summed E-state index contributed by atoms with van der Waals surface area (Å²) in [7, 11) is 0. The van der Waals surface area contributed by atoms with Gasteiger partial charge in [-0.3, -0.25) is 0 Å². The molecule has 68 valence electrons. The molecule has 0 saturated heterocycles. The van der Waals surface area contributed by atoms with E-state index in [1.54, 1.807) is 0 Å². The van der Waals surface area contributed by atoms with E-state index in [-0.39, 0.29) is 5.95 Å². The van der Waals surface area contributed by atoms with Crippen LogP contribution in [0.15, 0.2) is 17.3 Å². The maximum Gasteiger partial charge on any atom is 0.433 e. The minimum atomic E-state index is -4.49. The van der Waals surface area contributed by atoms with Gasteiger partial charge in [-0.25, -0.2) is 9.97 Å². The zero-order chi connectivity index (χ0) is 9.90. The summed E-state index contributed by atoms with van der Waals surface area (Å²) in [6.45, 7) is 0.